The lowest BCUT2D eigenvalue weighted by Crippen LogP contribution is -2.58. The number of piperidine rings is 1. The summed E-state index contributed by atoms with van der Waals surface area (Å²) in [4.78, 5) is 39.7. The molecule has 1 aliphatic heterocycles. The van der Waals surface area contributed by atoms with Gasteiger partial charge in [-0.3, -0.25) is 4.79 Å². The van der Waals surface area contributed by atoms with Crippen LogP contribution in [0.25, 0.3) is 0 Å². The number of esters is 1. The molecule has 0 spiro atoms. The first kappa shape index (κ1) is 23.2. The van der Waals surface area contributed by atoms with Crippen molar-refractivity contribution >= 4 is 18.0 Å². The van der Waals surface area contributed by atoms with Crippen LogP contribution in [0.1, 0.15) is 41.5 Å². The van der Waals surface area contributed by atoms with Crippen molar-refractivity contribution in [2.24, 2.45) is 17.3 Å². The van der Waals surface area contributed by atoms with Crippen molar-refractivity contribution in [1.82, 2.24) is 10.2 Å². The van der Waals surface area contributed by atoms with Gasteiger partial charge in [0.2, 0.25) is 5.91 Å². The molecule has 2 aliphatic rings. The van der Waals surface area contributed by atoms with Gasteiger partial charge in [0, 0.05) is 12.5 Å². The van der Waals surface area contributed by atoms with E-state index in [1.54, 1.807) is 33.8 Å². The molecular weight excluding hydrogens is 376 g/mol. The van der Waals surface area contributed by atoms with Gasteiger partial charge in [0.25, 0.3) is 0 Å². The molecule has 5 atom stereocenters. The van der Waals surface area contributed by atoms with Crippen LogP contribution in [0.4, 0.5) is 4.79 Å². The summed E-state index contributed by atoms with van der Waals surface area (Å²) >= 11 is 0. The molecular formula is C21H34N2O6. The fourth-order valence-electron chi connectivity index (χ4n) is 4.21. The predicted octanol–water partition coefficient (Wildman–Crippen LogP) is 2.13. The highest BCUT2D eigenvalue weighted by Crippen LogP contribution is 2.65. The van der Waals surface area contributed by atoms with Gasteiger partial charge in [0.05, 0.1) is 19.8 Å². The summed E-state index contributed by atoms with van der Waals surface area (Å²) in [6.07, 6.45) is 0.205. The molecule has 0 aromatic rings. The van der Waals surface area contributed by atoms with E-state index in [2.05, 4.69) is 25.7 Å². The molecule has 0 aromatic heterocycles. The van der Waals surface area contributed by atoms with Crippen LogP contribution in [-0.2, 0) is 23.8 Å². The Hall–Kier alpha value is -2.09. The fourth-order valence-corrected chi connectivity index (χ4v) is 4.21. The first-order valence-corrected chi connectivity index (χ1v) is 9.95. The first-order chi connectivity index (χ1) is 13.3. The summed E-state index contributed by atoms with van der Waals surface area (Å²) in [5.74, 6) is -0.550. The van der Waals surface area contributed by atoms with Crippen molar-refractivity contribution in [3.63, 3.8) is 0 Å². The normalized spacial score (nSPS) is 26.7. The Balaban J connectivity index is 2.22. The number of nitrogens with one attached hydrogen (secondary N) is 1. The van der Waals surface area contributed by atoms with E-state index in [1.165, 1.54) is 12.0 Å². The van der Waals surface area contributed by atoms with Crippen LogP contribution in [0.2, 0.25) is 0 Å². The molecule has 0 unspecified atom stereocenters. The third-order valence-corrected chi connectivity index (χ3v) is 5.82. The molecule has 1 heterocycles. The van der Waals surface area contributed by atoms with E-state index in [-0.39, 0.29) is 29.8 Å². The van der Waals surface area contributed by atoms with Crippen molar-refractivity contribution in [3.8, 4) is 0 Å². The minimum absolute atomic E-state index is 0.0192. The smallest absolute Gasteiger partial charge is 0.408 e. The highest BCUT2D eigenvalue weighted by atomic mass is 16.6. The SMILES string of the molecule is C=CCO[C@@H](C)[C@H](NC(=O)OC(C)(C)C)C(=O)N1C[C@H]2[C@@H]([C@H]1C(=O)OC)C2(C)C. The average Bonchev–Trinajstić information content (AvgIpc) is 2.95. The number of nitrogens with zero attached hydrogens (tertiary/aromatic N) is 1. The number of fused-ring (bicyclic) bond motifs is 1. The zero-order valence-electron chi connectivity index (χ0n) is 18.5. The van der Waals surface area contributed by atoms with Gasteiger partial charge in [-0.25, -0.2) is 9.59 Å². The monoisotopic (exact) mass is 410 g/mol. The van der Waals surface area contributed by atoms with Crippen molar-refractivity contribution in [2.45, 2.75) is 65.3 Å². The Morgan fingerprint density at radius 3 is 2.45 bits per heavy atom. The molecule has 0 bridgehead atoms. The van der Waals surface area contributed by atoms with Crippen LogP contribution in [-0.4, -0.2) is 66.9 Å². The standard InChI is InChI=1S/C21H34N2O6/c1-9-10-28-12(2)15(22-19(26)29-20(3,4)5)17(24)23-11-13-14(21(13,6)7)16(23)18(25)27-8/h9,12-16H,1,10-11H2,2-8H3,(H,22,26)/t12-,13-,14-,15-,16-/m0/s1. The summed E-state index contributed by atoms with van der Waals surface area (Å²) in [6.45, 7) is 15.4. The maximum absolute atomic E-state index is 13.4. The molecule has 1 aliphatic carbocycles. The van der Waals surface area contributed by atoms with Crippen LogP contribution in [0.5, 0.6) is 0 Å². The van der Waals surface area contributed by atoms with Gasteiger partial charge >= 0.3 is 12.1 Å². The molecule has 29 heavy (non-hydrogen) atoms. The Bertz CT molecular complexity index is 669. The van der Waals surface area contributed by atoms with Gasteiger partial charge < -0.3 is 24.4 Å². The summed E-state index contributed by atoms with van der Waals surface area (Å²) in [7, 11) is 1.32. The van der Waals surface area contributed by atoms with Crippen molar-refractivity contribution in [1.29, 1.82) is 0 Å². The van der Waals surface area contributed by atoms with Gasteiger partial charge in [-0.15, -0.1) is 6.58 Å². The molecule has 0 radical (unpaired) electrons. The number of likely N-dealkylation sites (tertiary alicyclic amines) is 1. The van der Waals surface area contributed by atoms with Gasteiger partial charge in [-0.2, -0.15) is 0 Å². The van der Waals surface area contributed by atoms with Crippen LogP contribution in [0.3, 0.4) is 0 Å². The molecule has 1 N–H and O–H groups in total. The molecule has 1 saturated heterocycles. The number of ether oxygens (including phenoxy) is 3. The zero-order chi connectivity index (χ0) is 22.1. The number of hydrogen-bond donors (Lipinski definition) is 1. The fraction of sp³-hybridized carbons (Fsp3) is 0.762. The number of amides is 2. The molecule has 1 saturated carbocycles. The van der Waals surface area contributed by atoms with E-state index in [9.17, 15) is 14.4 Å². The Morgan fingerprint density at radius 1 is 1.31 bits per heavy atom. The Labute approximate surface area is 172 Å². The zero-order valence-corrected chi connectivity index (χ0v) is 18.5. The number of methoxy groups -OCH3 is 1. The molecule has 2 fully saturated rings. The van der Waals surface area contributed by atoms with E-state index in [4.69, 9.17) is 14.2 Å². The maximum atomic E-state index is 13.4. The van der Waals surface area contributed by atoms with Gasteiger partial charge in [0.15, 0.2) is 0 Å². The first-order valence-electron chi connectivity index (χ1n) is 9.95. The van der Waals surface area contributed by atoms with Crippen molar-refractivity contribution in [3.05, 3.63) is 12.7 Å². The average molecular weight is 411 g/mol. The molecule has 8 heteroatoms. The van der Waals surface area contributed by atoms with Crippen LogP contribution < -0.4 is 5.32 Å². The van der Waals surface area contributed by atoms with Gasteiger partial charge in [-0.1, -0.05) is 19.9 Å². The van der Waals surface area contributed by atoms with E-state index in [0.29, 0.717) is 6.54 Å². The second kappa shape index (κ2) is 8.34. The largest absolute Gasteiger partial charge is 0.467 e. The topological polar surface area (TPSA) is 94.2 Å². The highest BCUT2D eigenvalue weighted by molar-refractivity contribution is 5.91. The Kier molecular flexibility index (Phi) is 6.67. The van der Waals surface area contributed by atoms with Crippen LogP contribution in [0, 0.1) is 17.3 Å². The molecule has 2 amide bonds. The number of rotatable bonds is 7. The van der Waals surface area contributed by atoms with Crippen LogP contribution in [0.15, 0.2) is 12.7 Å². The lowest BCUT2D eigenvalue weighted by molar-refractivity contribution is -0.155. The maximum Gasteiger partial charge on any atom is 0.408 e. The molecule has 164 valence electrons. The van der Waals surface area contributed by atoms with E-state index >= 15 is 0 Å². The predicted molar refractivity (Wildman–Crippen MR) is 107 cm³/mol. The minimum Gasteiger partial charge on any atom is -0.467 e. The number of hydrogen-bond acceptors (Lipinski definition) is 6. The second-order valence-corrected chi connectivity index (χ2v) is 9.36. The number of alkyl carbamates (subject to hydrolysis) is 1. The minimum atomic E-state index is -1.00. The van der Waals surface area contributed by atoms with E-state index in [0.717, 1.165) is 0 Å². The van der Waals surface area contributed by atoms with E-state index in [1.807, 2.05) is 0 Å². The summed E-state index contributed by atoms with van der Waals surface area (Å²) in [5, 5.41) is 2.62. The second-order valence-electron chi connectivity index (χ2n) is 9.36. The van der Waals surface area contributed by atoms with Gasteiger partial charge in [-0.05, 0) is 39.0 Å². The third kappa shape index (κ3) is 4.91. The molecule has 2 rings (SSSR count). The quantitative estimate of drug-likeness (QED) is 0.510. The lowest BCUT2D eigenvalue weighted by Gasteiger charge is -2.34. The summed E-state index contributed by atoms with van der Waals surface area (Å²) in [5.41, 5.74) is -0.731. The molecule has 8 nitrogen and oxygen atoms in total. The molecule has 0 aromatic carbocycles. The number of carbonyl (C=O) groups excluding carboxylic acids is 3. The lowest BCUT2D eigenvalue weighted by atomic mass is 9.99. The summed E-state index contributed by atoms with van der Waals surface area (Å²) in [6, 6.07) is -1.67. The van der Waals surface area contributed by atoms with Crippen LogP contribution >= 0.6 is 0 Å². The van der Waals surface area contributed by atoms with Crippen molar-refractivity contribution in [2.75, 3.05) is 20.3 Å². The van der Waals surface area contributed by atoms with Gasteiger partial charge in [0.1, 0.15) is 17.7 Å². The third-order valence-electron chi connectivity index (χ3n) is 5.82. The highest BCUT2D eigenvalue weighted by Gasteiger charge is 2.70. The van der Waals surface area contributed by atoms with Crippen molar-refractivity contribution < 1.29 is 28.6 Å². The summed E-state index contributed by atoms with van der Waals surface area (Å²) < 4.78 is 15.9. The number of carbonyl (C=O) groups is 3. The Morgan fingerprint density at radius 2 is 1.93 bits per heavy atom. The van der Waals surface area contributed by atoms with E-state index < -0.39 is 35.9 Å².